The van der Waals surface area contributed by atoms with Gasteiger partial charge in [-0.1, -0.05) is 107 Å². The second-order valence-electron chi connectivity index (χ2n) is 23.3. The molecule has 7 rings (SSSR count). The smallest absolute Gasteiger partial charge is 0.462 e. The molecule has 0 spiro atoms. The predicted octanol–water partition coefficient (Wildman–Crippen LogP) is 7.41. The maximum absolute atomic E-state index is 14.8. The minimum Gasteiger partial charge on any atom is -0.462 e. The normalized spacial score (nSPS) is 23.8. The summed E-state index contributed by atoms with van der Waals surface area (Å²) < 4.78 is 185. The number of para-hydroxylation sites is 2. The number of azide groups is 2. The predicted molar refractivity (Wildman–Crippen MR) is 382 cm³/mol. The molecule has 0 radical (unpaired) electrons. The maximum atomic E-state index is 14.8. The largest absolute Gasteiger partial charge is 0.472 e. The molecule has 2 N–H and O–H groups in total. The number of hydrogen-bond acceptors (Lipinski definition) is 30. The minimum absolute atomic E-state index is 0.00564. The fraction of sp³-hybridized carbons (Fsp3) is 0.657. The molecule has 3 saturated heterocycles. The van der Waals surface area contributed by atoms with E-state index in [9.17, 15) is 18.9 Å². The van der Waals surface area contributed by atoms with Gasteiger partial charge in [0.05, 0.1) is 225 Å². The average Bonchev–Trinajstić information content (AvgIpc) is 0.774. The fourth-order valence-electron chi connectivity index (χ4n) is 10.4. The Bertz CT molecular complexity index is 3100. The third kappa shape index (κ3) is 38.6. The molecule has 3 fully saturated rings. The zero-order valence-corrected chi connectivity index (χ0v) is 62.5. The molecule has 2 unspecified atom stereocenters. The SMILES string of the molecule is [N-]=[N+]=NCCOCCOCCOCCO[C@@H]1[C@@H](OCCOCCOCCOCCN=[N+]=[N-])[C@H](Oc2ccccc2)O[C@@H]2COP(=O)(O)O[C@H]3[C@H](OCCOCCOCCOCCOCc4ccccc4)[C@@H](OCCOCCOCCOCCOCc4ccccc4)[C@H](Oc4ccccc4)O[C@@H]3COP(=O)(O)O[C@@H]12. The average molecular weight is 1570 g/mol. The number of phosphoric acid groups is 2. The second kappa shape index (κ2) is 56.7. The van der Waals surface area contributed by atoms with Gasteiger partial charge in [-0.3, -0.25) is 18.1 Å². The molecule has 0 aromatic heterocycles. The van der Waals surface area contributed by atoms with E-state index in [2.05, 4.69) is 20.1 Å². The molecule has 38 heteroatoms. The molecule has 36 nitrogen and oxygen atoms in total. The first-order valence-electron chi connectivity index (χ1n) is 35.8. The molecule has 3 aliphatic rings. The summed E-state index contributed by atoms with van der Waals surface area (Å²) in [4.78, 5) is 29.4. The molecule has 108 heavy (non-hydrogen) atoms. The first-order chi connectivity index (χ1) is 53.1. The Labute approximate surface area is 628 Å². The Morgan fingerprint density at radius 2 is 0.593 bits per heavy atom. The summed E-state index contributed by atoms with van der Waals surface area (Å²) in [6, 6.07) is 36.7. The van der Waals surface area contributed by atoms with E-state index in [1.807, 2.05) is 60.7 Å². The van der Waals surface area contributed by atoms with Crippen molar-refractivity contribution < 1.29 is 141 Å². The van der Waals surface area contributed by atoms with Gasteiger partial charge in [-0.25, -0.2) is 9.13 Å². The highest BCUT2D eigenvalue weighted by atomic mass is 31.2. The van der Waals surface area contributed by atoms with Crippen LogP contribution in [0.15, 0.2) is 132 Å². The molecule has 12 atom stereocenters. The van der Waals surface area contributed by atoms with E-state index in [0.717, 1.165) is 11.1 Å². The second-order valence-corrected chi connectivity index (χ2v) is 26.1. The van der Waals surface area contributed by atoms with E-state index in [1.54, 1.807) is 60.7 Å². The molecule has 3 heterocycles. The van der Waals surface area contributed by atoms with Crippen LogP contribution in [0.2, 0.25) is 0 Å². The number of benzene rings is 4. The van der Waals surface area contributed by atoms with Crippen LogP contribution in [-0.4, -0.2) is 296 Å². The van der Waals surface area contributed by atoms with Gasteiger partial charge in [0.25, 0.3) is 0 Å². The molecule has 0 bridgehead atoms. The van der Waals surface area contributed by atoms with Gasteiger partial charge >= 0.3 is 15.6 Å². The lowest BCUT2D eigenvalue weighted by Crippen LogP contribution is -2.63. The zero-order chi connectivity index (χ0) is 75.9. The van der Waals surface area contributed by atoms with Crippen molar-refractivity contribution in [1.82, 2.24) is 0 Å². The van der Waals surface area contributed by atoms with E-state index in [-0.39, 0.29) is 158 Å². The van der Waals surface area contributed by atoms with Crippen molar-refractivity contribution >= 4 is 15.6 Å². The standard InChI is InChI=1S/C70H104N6O30P2/c71-75-73-21-23-81-25-27-83-33-37-89-45-49-95-65-63-61(103-69(101-59-17-9-3-10-18-59)67(65)97-51-47-91-39-34-84-28-26-82-24-22-74-76-72)55-99-108(79,80)106-64-62(56-100-107(77,78)105-63)104-70(102-60-19-11-4-12-20-60)68(98-52-48-92-40-36-86-30-32-88-42-44-94-54-58-15-7-2-8-16-58)66(64)96-50-46-90-38-35-85-29-31-87-41-43-93-53-57-13-5-1-6-14-57/h1-20,61-70H,21-56H2,(H,77,78)(H,79,80)/t61-,62-,63-,64-,65+,66+,67-,68-,69-,70-/m1/s1. The summed E-state index contributed by atoms with van der Waals surface area (Å²) >= 11 is 0. The molecule has 4 aromatic rings. The first kappa shape index (κ1) is 89.7. The van der Waals surface area contributed by atoms with Crippen molar-refractivity contribution in [3.63, 3.8) is 0 Å². The molecular weight excluding hydrogens is 1470 g/mol. The third-order valence-corrected chi connectivity index (χ3v) is 17.4. The summed E-state index contributed by atoms with van der Waals surface area (Å²) in [6.45, 7) is 4.67. The monoisotopic (exact) mass is 1570 g/mol. The van der Waals surface area contributed by atoms with Crippen LogP contribution in [0.3, 0.4) is 0 Å². The van der Waals surface area contributed by atoms with Crippen molar-refractivity contribution in [3.05, 3.63) is 153 Å². The summed E-state index contributed by atoms with van der Waals surface area (Å²) in [6.07, 6.45) is -15.0. The van der Waals surface area contributed by atoms with E-state index in [1.165, 1.54) is 0 Å². The Morgan fingerprint density at radius 3 is 0.880 bits per heavy atom. The van der Waals surface area contributed by atoms with Gasteiger partial charge in [0.1, 0.15) is 60.3 Å². The van der Waals surface area contributed by atoms with Gasteiger partial charge in [0, 0.05) is 22.9 Å². The Hall–Kier alpha value is -5.48. The highest BCUT2D eigenvalue weighted by molar-refractivity contribution is 7.47. The number of ether oxygens (including phenoxy) is 22. The number of fused-ring (bicyclic) bond motifs is 2. The van der Waals surface area contributed by atoms with Gasteiger partial charge < -0.3 is 114 Å². The van der Waals surface area contributed by atoms with Crippen molar-refractivity contribution in [2.45, 2.75) is 74.6 Å². The van der Waals surface area contributed by atoms with Crippen LogP contribution < -0.4 is 9.47 Å². The number of phosphoric ester groups is 2. The Kier molecular flexibility index (Phi) is 47.1. The summed E-state index contributed by atoms with van der Waals surface area (Å²) in [5.41, 5.74) is 19.1. The molecule has 0 saturated carbocycles. The van der Waals surface area contributed by atoms with Crippen molar-refractivity contribution in [2.75, 3.05) is 225 Å². The lowest BCUT2D eigenvalue weighted by Gasteiger charge is -2.47. The van der Waals surface area contributed by atoms with Crippen molar-refractivity contribution in [3.8, 4) is 11.5 Å². The Morgan fingerprint density at radius 1 is 0.343 bits per heavy atom. The van der Waals surface area contributed by atoms with Crippen LogP contribution in [0.4, 0.5) is 0 Å². The maximum Gasteiger partial charge on any atom is 0.472 e. The van der Waals surface area contributed by atoms with Crippen LogP contribution in [0.1, 0.15) is 11.1 Å². The quantitative estimate of drug-likeness (QED) is 0.0143. The van der Waals surface area contributed by atoms with Gasteiger partial charge in [0.2, 0.25) is 12.6 Å². The van der Waals surface area contributed by atoms with Crippen LogP contribution in [0, 0.1) is 0 Å². The molecule has 604 valence electrons. The number of nitrogens with zero attached hydrogens (tertiary/aromatic N) is 6. The third-order valence-electron chi connectivity index (χ3n) is 15.4. The van der Waals surface area contributed by atoms with Crippen LogP contribution in [-0.2, 0) is 135 Å². The molecule has 3 aliphatic heterocycles. The molecular formula is C70H104N6O30P2. The highest BCUT2D eigenvalue weighted by Crippen LogP contribution is 2.53. The van der Waals surface area contributed by atoms with Crippen molar-refractivity contribution in [1.29, 1.82) is 0 Å². The summed E-state index contributed by atoms with van der Waals surface area (Å²) in [5.74, 6) is 0.598. The molecule has 0 aliphatic carbocycles. The van der Waals surface area contributed by atoms with Gasteiger partial charge in [0.15, 0.2) is 0 Å². The van der Waals surface area contributed by atoms with Gasteiger partial charge in [-0.15, -0.1) is 0 Å². The minimum atomic E-state index is -5.36. The Balaban J connectivity index is 1.04. The molecule has 0 amide bonds. The lowest BCUT2D eigenvalue weighted by molar-refractivity contribution is -0.301. The van der Waals surface area contributed by atoms with Crippen molar-refractivity contribution in [2.24, 2.45) is 10.2 Å². The number of rotatable bonds is 60. The van der Waals surface area contributed by atoms with E-state index in [0.29, 0.717) is 77.6 Å². The molecule has 4 aromatic carbocycles. The van der Waals surface area contributed by atoms with E-state index < -0.39 is 90.3 Å². The summed E-state index contributed by atoms with van der Waals surface area (Å²) in [7, 11) is -10.7. The first-order valence-corrected chi connectivity index (χ1v) is 38.8. The topological polar surface area (TPSA) is 412 Å². The highest BCUT2D eigenvalue weighted by Gasteiger charge is 2.56. The zero-order valence-electron chi connectivity index (χ0n) is 60.7. The van der Waals surface area contributed by atoms with Crippen LogP contribution in [0.25, 0.3) is 20.9 Å². The lowest BCUT2D eigenvalue weighted by atomic mass is 9.98. The summed E-state index contributed by atoms with van der Waals surface area (Å²) in [5, 5.41) is 6.86. The number of hydrogen-bond donors (Lipinski definition) is 2. The van der Waals surface area contributed by atoms with Crippen LogP contribution in [0.5, 0.6) is 11.5 Å². The van der Waals surface area contributed by atoms with Crippen LogP contribution >= 0.6 is 15.6 Å². The van der Waals surface area contributed by atoms with Gasteiger partial charge in [-0.2, -0.15) is 0 Å². The fourth-order valence-corrected chi connectivity index (χ4v) is 12.3. The van der Waals surface area contributed by atoms with E-state index >= 15 is 0 Å². The van der Waals surface area contributed by atoms with E-state index in [4.69, 9.17) is 133 Å². The van der Waals surface area contributed by atoms with Gasteiger partial charge in [-0.05, 0) is 46.5 Å².